The fourth-order valence-electron chi connectivity index (χ4n) is 3.98. The second kappa shape index (κ2) is 11.5. The highest BCUT2D eigenvalue weighted by molar-refractivity contribution is 7.99. The Hall–Kier alpha value is -2.90. The maximum Gasteiger partial charge on any atom is 0.182 e. The maximum atomic E-state index is 14.0. The molecule has 180 valence electrons. The predicted octanol–water partition coefficient (Wildman–Crippen LogP) is 6.01. The van der Waals surface area contributed by atoms with Gasteiger partial charge in [-0.15, -0.1) is 11.8 Å². The molecule has 0 aliphatic carbocycles. The van der Waals surface area contributed by atoms with E-state index >= 15 is 0 Å². The third-order valence-corrected chi connectivity index (χ3v) is 7.09. The molecule has 1 fully saturated rings. The summed E-state index contributed by atoms with van der Waals surface area (Å²) in [5.74, 6) is 1.30. The van der Waals surface area contributed by atoms with Crippen molar-refractivity contribution >= 4 is 11.8 Å². The number of aromatic hydroxyl groups is 2. The van der Waals surface area contributed by atoms with E-state index in [0.29, 0.717) is 34.8 Å². The predicted molar refractivity (Wildman–Crippen MR) is 132 cm³/mol. The molecule has 0 saturated carbocycles. The van der Waals surface area contributed by atoms with Gasteiger partial charge in [0.15, 0.2) is 11.6 Å². The Morgan fingerprint density at radius 3 is 2.38 bits per heavy atom. The Balaban J connectivity index is 0.000000336. The third-order valence-electron chi connectivity index (χ3n) is 5.95. The number of hydrogen-bond acceptors (Lipinski definition) is 6. The van der Waals surface area contributed by atoms with Crippen LogP contribution >= 0.6 is 11.8 Å². The molecule has 3 aromatic carbocycles. The van der Waals surface area contributed by atoms with Gasteiger partial charge in [0.1, 0.15) is 30.0 Å². The van der Waals surface area contributed by atoms with Crippen LogP contribution in [0.15, 0.2) is 71.6 Å². The van der Waals surface area contributed by atoms with E-state index in [1.54, 1.807) is 30.3 Å². The van der Waals surface area contributed by atoms with E-state index in [1.807, 2.05) is 30.3 Å². The average molecular weight is 484 g/mol. The lowest BCUT2D eigenvalue weighted by molar-refractivity contribution is 0.172. The van der Waals surface area contributed by atoms with Crippen molar-refractivity contribution in [1.82, 2.24) is 4.90 Å². The summed E-state index contributed by atoms with van der Waals surface area (Å²) < 4.78 is 25.8. The van der Waals surface area contributed by atoms with Crippen LogP contribution in [0.1, 0.15) is 31.4 Å². The van der Waals surface area contributed by atoms with E-state index in [2.05, 4.69) is 11.8 Å². The average Bonchev–Trinajstić information content (AvgIpc) is 3.41. The SMILES string of the molecule is C[C@@H](COc1ccc([C@H]2CSc3c(ccc(O)c3F)O2)cc1)N1CCCC1.Oc1ccccc1. The molecular weight excluding hydrogens is 453 g/mol. The van der Waals surface area contributed by atoms with Crippen LogP contribution < -0.4 is 9.47 Å². The smallest absolute Gasteiger partial charge is 0.182 e. The summed E-state index contributed by atoms with van der Waals surface area (Å²) in [7, 11) is 0. The van der Waals surface area contributed by atoms with Gasteiger partial charge < -0.3 is 19.7 Å². The lowest BCUT2D eigenvalue weighted by Gasteiger charge is -2.26. The van der Waals surface area contributed by atoms with Crippen LogP contribution in [0.25, 0.3) is 0 Å². The van der Waals surface area contributed by atoms with Crippen molar-refractivity contribution in [3.8, 4) is 23.0 Å². The molecule has 0 unspecified atom stereocenters. The summed E-state index contributed by atoms with van der Waals surface area (Å²) in [5, 5.41) is 18.1. The molecule has 0 aromatic heterocycles. The number of phenols is 2. The van der Waals surface area contributed by atoms with E-state index in [1.165, 1.54) is 43.8 Å². The number of para-hydroxylation sites is 1. The van der Waals surface area contributed by atoms with Crippen LogP contribution in [-0.4, -0.2) is 46.6 Å². The molecule has 3 aromatic rings. The van der Waals surface area contributed by atoms with Crippen molar-refractivity contribution in [2.75, 3.05) is 25.4 Å². The molecule has 0 bridgehead atoms. The van der Waals surface area contributed by atoms with Gasteiger partial charge in [-0.3, -0.25) is 4.90 Å². The van der Waals surface area contributed by atoms with Crippen molar-refractivity contribution in [2.24, 2.45) is 0 Å². The van der Waals surface area contributed by atoms with Gasteiger partial charge in [0.05, 0.1) is 4.90 Å². The van der Waals surface area contributed by atoms with Crippen LogP contribution in [0.4, 0.5) is 4.39 Å². The largest absolute Gasteiger partial charge is 0.508 e. The minimum atomic E-state index is -0.605. The molecular formula is C27H30FNO4S. The highest BCUT2D eigenvalue weighted by atomic mass is 32.2. The van der Waals surface area contributed by atoms with Gasteiger partial charge in [0, 0.05) is 11.8 Å². The summed E-state index contributed by atoms with van der Waals surface area (Å²) in [6, 6.07) is 20.0. The first-order chi connectivity index (χ1) is 16.5. The number of benzene rings is 3. The number of likely N-dealkylation sites (tertiary alicyclic amines) is 1. The molecule has 2 N–H and O–H groups in total. The van der Waals surface area contributed by atoms with Crippen molar-refractivity contribution in [3.63, 3.8) is 0 Å². The molecule has 0 spiro atoms. The Morgan fingerprint density at radius 2 is 1.74 bits per heavy atom. The zero-order chi connectivity index (χ0) is 23.9. The highest BCUT2D eigenvalue weighted by Gasteiger charge is 2.26. The second-order valence-electron chi connectivity index (χ2n) is 8.45. The van der Waals surface area contributed by atoms with Crippen LogP contribution in [0.5, 0.6) is 23.0 Å². The van der Waals surface area contributed by atoms with E-state index in [9.17, 15) is 9.50 Å². The molecule has 34 heavy (non-hydrogen) atoms. The number of rotatable bonds is 5. The zero-order valence-electron chi connectivity index (χ0n) is 19.2. The van der Waals surface area contributed by atoms with E-state index < -0.39 is 5.82 Å². The molecule has 0 radical (unpaired) electrons. The summed E-state index contributed by atoms with van der Waals surface area (Å²) in [6.45, 7) is 5.23. The molecule has 5 rings (SSSR count). The fraction of sp³-hybridized carbons (Fsp3) is 0.333. The number of thioether (sulfide) groups is 1. The highest BCUT2D eigenvalue weighted by Crippen LogP contribution is 2.44. The Morgan fingerprint density at radius 1 is 1.03 bits per heavy atom. The van der Waals surface area contributed by atoms with Crippen LogP contribution in [0.2, 0.25) is 0 Å². The number of halogens is 1. The topological polar surface area (TPSA) is 62.2 Å². The van der Waals surface area contributed by atoms with Gasteiger partial charge in [0.2, 0.25) is 0 Å². The van der Waals surface area contributed by atoms with Crippen molar-refractivity contribution < 1.29 is 24.1 Å². The first-order valence-electron chi connectivity index (χ1n) is 11.5. The maximum absolute atomic E-state index is 14.0. The molecule has 2 aliphatic heterocycles. The van der Waals surface area contributed by atoms with Crippen LogP contribution in [0.3, 0.4) is 0 Å². The first-order valence-corrected chi connectivity index (χ1v) is 12.5. The molecule has 2 atom stereocenters. The minimum Gasteiger partial charge on any atom is -0.508 e. The third kappa shape index (κ3) is 6.15. The molecule has 5 nitrogen and oxygen atoms in total. The number of fused-ring (bicyclic) bond motifs is 1. The summed E-state index contributed by atoms with van der Waals surface area (Å²) in [4.78, 5) is 2.85. The van der Waals surface area contributed by atoms with Crippen molar-refractivity contribution in [1.29, 1.82) is 0 Å². The lowest BCUT2D eigenvalue weighted by atomic mass is 10.1. The normalized spacial score (nSPS) is 18.2. The lowest BCUT2D eigenvalue weighted by Crippen LogP contribution is -2.34. The summed E-state index contributed by atoms with van der Waals surface area (Å²) >= 11 is 1.37. The van der Waals surface area contributed by atoms with Gasteiger partial charge in [0.25, 0.3) is 0 Å². The van der Waals surface area contributed by atoms with Gasteiger partial charge in [-0.1, -0.05) is 30.3 Å². The van der Waals surface area contributed by atoms with Crippen molar-refractivity contribution in [3.05, 3.63) is 78.1 Å². The Kier molecular flexibility index (Phi) is 8.19. The molecule has 2 aliphatic rings. The standard InChI is InChI=1S/C21H24FNO3S.C6H6O/c1-14(23-10-2-3-11-23)12-25-16-6-4-15(5-7-16)19-13-27-21-18(26-19)9-8-17(24)20(21)22;7-6-4-2-1-3-5-6/h4-9,14,19,24H,2-3,10-13H2,1H3;1-5,7H/t14-,19+;/m0./s1. The molecule has 1 saturated heterocycles. The second-order valence-corrected chi connectivity index (χ2v) is 9.48. The minimum absolute atomic E-state index is 0.149. The number of ether oxygens (including phenoxy) is 2. The quantitative estimate of drug-likeness (QED) is 0.463. The fourth-order valence-corrected chi connectivity index (χ4v) is 5.05. The molecule has 7 heteroatoms. The van der Waals surface area contributed by atoms with Crippen LogP contribution in [0, 0.1) is 5.82 Å². The van der Waals surface area contributed by atoms with Gasteiger partial charge in [-0.2, -0.15) is 0 Å². The first kappa shape index (κ1) is 24.2. The number of hydrogen-bond donors (Lipinski definition) is 2. The van der Waals surface area contributed by atoms with Gasteiger partial charge in [-0.05, 0) is 74.8 Å². The Bertz CT molecular complexity index is 1060. The Labute approximate surface area is 204 Å². The number of nitrogens with zero attached hydrogens (tertiary/aromatic N) is 1. The summed E-state index contributed by atoms with van der Waals surface area (Å²) in [5.41, 5.74) is 1.03. The van der Waals surface area contributed by atoms with Gasteiger partial charge in [-0.25, -0.2) is 4.39 Å². The number of phenolic OH excluding ortho intramolecular Hbond substituents is 2. The van der Waals surface area contributed by atoms with E-state index in [0.717, 1.165) is 11.3 Å². The van der Waals surface area contributed by atoms with Gasteiger partial charge >= 0.3 is 0 Å². The summed E-state index contributed by atoms with van der Waals surface area (Å²) in [6.07, 6.45) is 2.42. The zero-order valence-corrected chi connectivity index (χ0v) is 20.0. The van der Waals surface area contributed by atoms with E-state index in [4.69, 9.17) is 14.6 Å². The van der Waals surface area contributed by atoms with E-state index in [-0.39, 0.29) is 11.9 Å². The monoisotopic (exact) mass is 483 g/mol. The molecule has 2 heterocycles. The van der Waals surface area contributed by atoms with Crippen LogP contribution in [-0.2, 0) is 0 Å². The molecule has 0 amide bonds. The van der Waals surface area contributed by atoms with Crippen molar-refractivity contribution in [2.45, 2.75) is 36.8 Å².